The maximum Gasteiger partial charge on any atom is 0.0660 e. The van der Waals surface area contributed by atoms with E-state index in [9.17, 15) is 0 Å². The molecule has 1 aromatic carbocycles. The Labute approximate surface area is 108 Å². The van der Waals surface area contributed by atoms with Crippen molar-refractivity contribution in [1.29, 1.82) is 0 Å². The topological polar surface area (TPSA) is 29.3 Å². The standard InChI is InChI=1S/C14H19ClN2/c15-13-7-12(16)5-6-14(13)17(8-10-1-2-10)9-11-3-4-11/h5-7,10-11H,1-4,8-9,16H2. The van der Waals surface area contributed by atoms with Crippen molar-refractivity contribution >= 4 is 23.0 Å². The molecule has 2 nitrogen and oxygen atoms in total. The number of hydrogen-bond donors (Lipinski definition) is 1. The van der Waals surface area contributed by atoms with Gasteiger partial charge < -0.3 is 10.6 Å². The summed E-state index contributed by atoms with van der Waals surface area (Å²) in [5.74, 6) is 1.78. The number of anilines is 2. The Morgan fingerprint density at radius 2 is 1.71 bits per heavy atom. The fraction of sp³-hybridized carbons (Fsp3) is 0.571. The van der Waals surface area contributed by atoms with Crippen molar-refractivity contribution in [2.24, 2.45) is 11.8 Å². The molecular weight excluding hydrogens is 232 g/mol. The van der Waals surface area contributed by atoms with Crippen LogP contribution >= 0.6 is 11.6 Å². The summed E-state index contributed by atoms with van der Waals surface area (Å²) in [5.41, 5.74) is 7.67. The molecule has 3 heteroatoms. The molecule has 0 bridgehead atoms. The van der Waals surface area contributed by atoms with Crippen molar-refractivity contribution in [3.63, 3.8) is 0 Å². The summed E-state index contributed by atoms with van der Waals surface area (Å²) in [4.78, 5) is 2.47. The Morgan fingerprint density at radius 3 is 2.18 bits per heavy atom. The summed E-state index contributed by atoms with van der Waals surface area (Å²) in [7, 11) is 0. The summed E-state index contributed by atoms with van der Waals surface area (Å²) in [5, 5.41) is 0.798. The molecule has 2 N–H and O–H groups in total. The maximum atomic E-state index is 6.31. The van der Waals surface area contributed by atoms with Gasteiger partial charge in [0.1, 0.15) is 0 Å². The van der Waals surface area contributed by atoms with Gasteiger partial charge in [-0.3, -0.25) is 0 Å². The van der Waals surface area contributed by atoms with Crippen molar-refractivity contribution < 1.29 is 0 Å². The summed E-state index contributed by atoms with van der Waals surface area (Å²) >= 11 is 6.31. The van der Waals surface area contributed by atoms with Crippen LogP contribution in [0.1, 0.15) is 25.7 Å². The maximum absolute atomic E-state index is 6.31. The first-order chi connectivity index (χ1) is 8.22. The molecule has 2 aliphatic carbocycles. The van der Waals surface area contributed by atoms with Crippen molar-refractivity contribution in [2.75, 3.05) is 23.7 Å². The number of nitrogen functional groups attached to an aromatic ring is 1. The van der Waals surface area contributed by atoms with Crippen LogP contribution in [0.15, 0.2) is 18.2 Å². The zero-order valence-corrected chi connectivity index (χ0v) is 10.8. The lowest BCUT2D eigenvalue weighted by molar-refractivity contribution is 0.679. The van der Waals surface area contributed by atoms with Gasteiger partial charge in [-0.25, -0.2) is 0 Å². The van der Waals surface area contributed by atoms with E-state index >= 15 is 0 Å². The highest BCUT2D eigenvalue weighted by Gasteiger charge is 2.29. The molecule has 3 rings (SSSR count). The Hall–Kier alpha value is -0.890. The predicted molar refractivity (Wildman–Crippen MR) is 73.5 cm³/mol. The Bertz CT molecular complexity index is 397. The SMILES string of the molecule is Nc1ccc(N(CC2CC2)CC2CC2)c(Cl)c1. The van der Waals surface area contributed by atoms with Crippen LogP contribution in [0.5, 0.6) is 0 Å². The van der Waals surface area contributed by atoms with Gasteiger partial charge in [0.25, 0.3) is 0 Å². The molecule has 17 heavy (non-hydrogen) atoms. The molecule has 92 valence electrons. The molecule has 0 aromatic heterocycles. The van der Waals surface area contributed by atoms with Gasteiger partial charge in [-0.15, -0.1) is 0 Å². The molecule has 1 aromatic rings. The van der Waals surface area contributed by atoms with E-state index in [0.717, 1.165) is 22.5 Å². The van der Waals surface area contributed by atoms with Gasteiger partial charge in [0, 0.05) is 18.8 Å². The molecule has 0 amide bonds. The minimum absolute atomic E-state index is 0.747. The molecule has 0 saturated heterocycles. The molecule has 2 saturated carbocycles. The highest BCUT2D eigenvalue weighted by molar-refractivity contribution is 6.33. The smallest absolute Gasteiger partial charge is 0.0660 e. The Morgan fingerprint density at radius 1 is 1.12 bits per heavy atom. The van der Waals surface area contributed by atoms with E-state index in [1.165, 1.54) is 44.5 Å². The summed E-state index contributed by atoms with van der Waals surface area (Å²) in [6, 6.07) is 5.89. The van der Waals surface area contributed by atoms with E-state index in [1.807, 2.05) is 12.1 Å². The van der Waals surface area contributed by atoms with E-state index in [0.29, 0.717) is 0 Å². The van der Waals surface area contributed by atoms with Crippen LogP contribution in [-0.2, 0) is 0 Å². The fourth-order valence-electron chi connectivity index (χ4n) is 2.28. The molecule has 0 spiro atoms. The van der Waals surface area contributed by atoms with E-state index in [2.05, 4.69) is 11.0 Å². The lowest BCUT2D eigenvalue weighted by Gasteiger charge is -2.26. The number of nitrogens with two attached hydrogens (primary N) is 1. The summed E-state index contributed by atoms with van der Waals surface area (Å²) < 4.78 is 0. The minimum Gasteiger partial charge on any atom is -0.399 e. The van der Waals surface area contributed by atoms with Crippen LogP contribution in [-0.4, -0.2) is 13.1 Å². The van der Waals surface area contributed by atoms with E-state index in [-0.39, 0.29) is 0 Å². The van der Waals surface area contributed by atoms with Crippen LogP contribution in [0, 0.1) is 11.8 Å². The molecule has 0 unspecified atom stereocenters. The van der Waals surface area contributed by atoms with Gasteiger partial charge in [-0.05, 0) is 55.7 Å². The van der Waals surface area contributed by atoms with Gasteiger partial charge in [-0.2, -0.15) is 0 Å². The van der Waals surface area contributed by atoms with Crippen molar-refractivity contribution in [3.05, 3.63) is 23.2 Å². The number of rotatable bonds is 5. The highest BCUT2D eigenvalue weighted by Crippen LogP contribution is 2.38. The monoisotopic (exact) mass is 250 g/mol. The third kappa shape index (κ3) is 2.86. The molecule has 2 aliphatic rings. The molecule has 0 atom stereocenters. The van der Waals surface area contributed by atoms with Crippen molar-refractivity contribution in [2.45, 2.75) is 25.7 Å². The molecule has 2 fully saturated rings. The molecule has 0 radical (unpaired) electrons. The fourth-order valence-corrected chi connectivity index (χ4v) is 2.58. The zero-order valence-electron chi connectivity index (χ0n) is 10.0. The summed E-state index contributed by atoms with van der Waals surface area (Å²) in [6.45, 7) is 2.33. The largest absolute Gasteiger partial charge is 0.399 e. The predicted octanol–water partition coefficient (Wildman–Crippen LogP) is 3.55. The van der Waals surface area contributed by atoms with E-state index in [4.69, 9.17) is 17.3 Å². The van der Waals surface area contributed by atoms with Crippen molar-refractivity contribution in [3.8, 4) is 0 Å². The second kappa shape index (κ2) is 4.41. The van der Waals surface area contributed by atoms with E-state index < -0.39 is 0 Å². The minimum atomic E-state index is 0.747. The third-order valence-corrected chi connectivity index (χ3v) is 3.97. The normalized spacial score (nSPS) is 19.4. The number of halogens is 1. The number of benzene rings is 1. The summed E-state index contributed by atoms with van der Waals surface area (Å²) in [6.07, 6.45) is 5.53. The average Bonchev–Trinajstić information content (AvgIpc) is 3.11. The van der Waals surface area contributed by atoms with Crippen molar-refractivity contribution in [1.82, 2.24) is 0 Å². The van der Waals surface area contributed by atoms with Crippen LogP contribution in [0.25, 0.3) is 0 Å². The van der Waals surface area contributed by atoms with Crippen LogP contribution in [0.2, 0.25) is 5.02 Å². The van der Waals surface area contributed by atoms with Gasteiger partial charge in [0.15, 0.2) is 0 Å². The molecule has 0 heterocycles. The van der Waals surface area contributed by atoms with Gasteiger partial charge in [0.05, 0.1) is 10.7 Å². The molecular formula is C14H19ClN2. The van der Waals surface area contributed by atoms with Gasteiger partial charge in [0.2, 0.25) is 0 Å². The first-order valence-corrected chi connectivity index (χ1v) is 6.90. The Kier molecular flexibility index (Phi) is 2.91. The second-order valence-corrected chi connectivity index (χ2v) is 5.91. The number of nitrogens with zero attached hydrogens (tertiary/aromatic N) is 1. The Balaban J connectivity index is 1.78. The van der Waals surface area contributed by atoms with Gasteiger partial charge in [-0.1, -0.05) is 11.6 Å². The lowest BCUT2D eigenvalue weighted by Crippen LogP contribution is -2.28. The third-order valence-electron chi connectivity index (χ3n) is 3.66. The lowest BCUT2D eigenvalue weighted by atomic mass is 10.2. The van der Waals surface area contributed by atoms with Gasteiger partial charge >= 0.3 is 0 Å². The first kappa shape index (κ1) is 11.2. The van der Waals surface area contributed by atoms with Crippen LogP contribution in [0.3, 0.4) is 0 Å². The van der Waals surface area contributed by atoms with Crippen LogP contribution in [0.4, 0.5) is 11.4 Å². The average molecular weight is 251 g/mol. The number of hydrogen-bond acceptors (Lipinski definition) is 2. The molecule has 0 aliphatic heterocycles. The zero-order chi connectivity index (χ0) is 11.8. The van der Waals surface area contributed by atoms with Crippen LogP contribution < -0.4 is 10.6 Å². The highest BCUT2D eigenvalue weighted by atomic mass is 35.5. The quantitative estimate of drug-likeness (QED) is 0.810. The first-order valence-electron chi connectivity index (χ1n) is 6.52. The van der Waals surface area contributed by atoms with E-state index in [1.54, 1.807) is 0 Å². The second-order valence-electron chi connectivity index (χ2n) is 5.50.